The predicted molar refractivity (Wildman–Crippen MR) is 76.8 cm³/mol. The molecule has 0 radical (unpaired) electrons. The first-order valence-electron chi connectivity index (χ1n) is 6.76. The molecule has 0 atom stereocenters. The van der Waals surface area contributed by atoms with E-state index < -0.39 is 0 Å². The van der Waals surface area contributed by atoms with Crippen LogP contribution in [0.3, 0.4) is 0 Å². The van der Waals surface area contributed by atoms with Crippen molar-refractivity contribution in [2.75, 3.05) is 7.05 Å². The van der Waals surface area contributed by atoms with E-state index in [2.05, 4.69) is 22.9 Å². The zero-order valence-corrected chi connectivity index (χ0v) is 12.7. The van der Waals surface area contributed by atoms with Crippen LogP contribution in [0.25, 0.3) is 0 Å². The summed E-state index contributed by atoms with van der Waals surface area (Å²) >= 11 is 3.45. The summed E-state index contributed by atoms with van der Waals surface area (Å²) in [4.78, 5) is 14.5. The van der Waals surface area contributed by atoms with Gasteiger partial charge in [-0.2, -0.15) is 0 Å². The number of hydrogen-bond acceptors (Lipinski definition) is 1. The van der Waals surface area contributed by atoms with Gasteiger partial charge >= 0.3 is 0 Å². The number of nitrogens with zero attached hydrogens (tertiary/aromatic N) is 2. The van der Waals surface area contributed by atoms with Crippen molar-refractivity contribution >= 4 is 21.8 Å². The highest BCUT2D eigenvalue weighted by atomic mass is 79.9. The van der Waals surface area contributed by atoms with E-state index in [0.717, 1.165) is 29.6 Å². The van der Waals surface area contributed by atoms with Crippen molar-refractivity contribution in [3.05, 3.63) is 22.4 Å². The van der Waals surface area contributed by atoms with Gasteiger partial charge in [0.05, 0.1) is 0 Å². The van der Waals surface area contributed by atoms with Crippen LogP contribution in [0.2, 0.25) is 0 Å². The molecule has 0 spiro atoms. The van der Waals surface area contributed by atoms with Crippen LogP contribution in [-0.4, -0.2) is 28.5 Å². The molecule has 1 aliphatic carbocycles. The highest BCUT2D eigenvalue weighted by Crippen LogP contribution is 2.24. The van der Waals surface area contributed by atoms with Crippen molar-refractivity contribution in [3.63, 3.8) is 0 Å². The molecule has 1 aromatic rings. The normalized spacial score (nSPS) is 16.8. The van der Waals surface area contributed by atoms with Crippen molar-refractivity contribution in [1.29, 1.82) is 0 Å². The SMILES string of the molecule is CCn1cc(Br)cc1C(=O)N(C)C1CCCCC1. The zero-order valence-electron chi connectivity index (χ0n) is 11.2. The van der Waals surface area contributed by atoms with Gasteiger partial charge in [0.2, 0.25) is 0 Å². The summed E-state index contributed by atoms with van der Waals surface area (Å²) in [5.74, 6) is 0.148. The predicted octanol–water partition coefficient (Wildman–Crippen LogP) is 3.68. The minimum Gasteiger partial charge on any atom is -0.343 e. The minimum absolute atomic E-state index is 0.148. The van der Waals surface area contributed by atoms with Crippen LogP contribution in [-0.2, 0) is 6.54 Å². The Morgan fingerprint density at radius 3 is 2.72 bits per heavy atom. The van der Waals surface area contributed by atoms with Gasteiger partial charge in [0.25, 0.3) is 5.91 Å². The summed E-state index contributed by atoms with van der Waals surface area (Å²) < 4.78 is 2.98. The fourth-order valence-corrected chi connectivity index (χ4v) is 3.19. The molecule has 1 aromatic heterocycles. The lowest BCUT2D eigenvalue weighted by Gasteiger charge is -2.31. The molecule has 1 amide bonds. The summed E-state index contributed by atoms with van der Waals surface area (Å²) in [6.45, 7) is 2.88. The molecule has 0 N–H and O–H groups in total. The third-order valence-corrected chi connectivity index (χ3v) is 4.30. The van der Waals surface area contributed by atoms with Gasteiger partial charge in [-0.1, -0.05) is 19.3 Å². The highest BCUT2D eigenvalue weighted by molar-refractivity contribution is 9.10. The van der Waals surface area contributed by atoms with Crippen LogP contribution in [0.15, 0.2) is 16.7 Å². The molecule has 1 heterocycles. The highest BCUT2D eigenvalue weighted by Gasteiger charge is 2.24. The molecule has 4 heteroatoms. The van der Waals surface area contributed by atoms with Crippen LogP contribution in [0.4, 0.5) is 0 Å². The maximum absolute atomic E-state index is 12.5. The van der Waals surface area contributed by atoms with E-state index in [1.54, 1.807) is 0 Å². The van der Waals surface area contributed by atoms with Gasteiger partial charge < -0.3 is 9.47 Å². The van der Waals surface area contributed by atoms with E-state index in [0.29, 0.717) is 6.04 Å². The molecule has 0 aromatic carbocycles. The Bertz CT molecular complexity index is 421. The fourth-order valence-electron chi connectivity index (χ4n) is 2.73. The molecule has 2 rings (SSSR count). The number of halogens is 1. The minimum atomic E-state index is 0.148. The fraction of sp³-hybridized carbons (Fsp3) is 0.643. The van der Waals surface area contributed by atoms with Gasteiger partial charge in [0.1, 0.15) is 5.69 Å². The Hall–Kier alpha value is -0.770. The first-order valence-corrected chi connectivity index (χ1v) is 7.55. The van der Waals surface area contributed by atoms with Gasteiger partial charge in [0, 0.05) is 30.3 Å². The molecule has 0 bridgehead atoms. The Kier molecular flexibility index (Phi) is 4.49. The van der Waals surface area contributed by atoms with Crippen LogP contribution in [0.1, 0.15) is 49.5 Å². The molecule has 18 heavy (non-hydrogen) atoms. The van der Waals surface area contributed by atoms with E-state index >= 15 is 0 Å². The van der Waals surface area contributed by atoms with Gasteiger partial charge in [-0.25, -0.2) is 0 Å². The lowest BCUT2D eigenvalue weighted by Crippen LogP contribution is -2.39. The van der Waals surface area contributed by atoms with Crippen LogP contribution in [0.5, 0.6) is 0 Å². The van der Waals surface area contributed by atoms with E-state index in [-0.39, 0.29) is 5.91 Å². The number of amides is 1. The Balaban J connectivity index is 2.13. The molecule has 100 valence electrons. The molecule has 1 fully saturated rings. The van der Waals surface area contributed by atoms with Gasteiger partial charge in [-0.3, -0.25) is 4.79 Å². The van der Waals surface area contributed by atoms with Crippen LogP contribution in [0, 0.1) is 0 Å². The second-order valence-electron chi connectivity index (χ2n) is 5.04. The number of carbonyl (C=O) groups is 1. The first kappa shape index (κ1) is 13.7. The second-order valence-corrected chi connectivity index (χ2v) is 5.95. The molecule has 1 aliphatic rings. The summed E-state index contributed by atoms with van der Waals surface area (Å²) in [6.07, 6.45) is 8.09. The standard InChI is InChI=1S/C14H21BrN2O/c1-3-17-10-11(15)9-13(17)14(18)16(2)12-7-5-4-6-8-12/h9-10,12H,3-8H2,1-2H3. The maximum atomic E-state index is 12.5. The number of carbonyl (C=O) groups excluding carboxylic acids is 1. The molecular weight excluding hydrogens is 292 g/mol. The second kappa shape index (κ2) is 5.91. The van der Waals surface area contributed by atoms with E-state index in [9.17, 15) is 4.79 Å². The van der Waals surface area contributed by atoms with Crippen LogP contribution >= 0.6 is 15.9 Å². The smallest absolute Gasteiger partial charge is 0.270 e. The summed E-state index contributed by atoms with van der Waals surface area (Å²) in [5.41, 5.74) is 0.789. The molecule has 0 saturated heterocycles. The summed E-state index contributed by atoms with van der Waals surface area (Å²) in [6, 6.07) is 2.34. The van der Waals surface area contributed by atoms with Crippen molar-refractivity contribution < 1.29 is 4.79 Å². The van der Waals surface area contributed by atoms with Crippen LogP contribution < -0.4 is 0 Å². The van der Waals surface area contributed by atoms with Crippen molar-refractivity contribution in [1.82, 2.24) is 9.47 Å². The quantitative estimate of drug-likeness (QED) is 0.836. The largest absolute Gasteiger partial charge is 0.343 e. The Morgan fingerprint density at radius 1 is 1.44 bits per heavy atom. The van der Waals surface area contributed by atoms with Gasteiger partial charge in [-0.15, -0.1) is 0 Å². The first-order chi connectivity index (χ1) is 8.63. The lowest BCUT2D eigenvalue weighted by atomic mass is 9.94. The van der Waals surface area contributed by atoms with Gasteiger partial charge in [-0.05, 0) is 41.8 Å². The van der Waals surface area contributed by atoms with Crippen molar-refractivity contribution in [2.24, 2.45) is 0 Å². The summed E-state index contributed by atoms with van der Waals surface area (Å²) in [5, 5.41) is 0. The third-order valence-electron chi connectivity index (χ3n) is 3.87. The molecular formula is C14H21BrN2O. The Labute approximate surface area is 117 Å². The number of aromatic nitrogens is 1. The zero-order chi connectivity index (χ0) is 13.1. The summed E-state index contributed by atoms with van der Waals surface area (Å²) in [7, 11) is 1.94. The molecule has 0 aliphatic heterocycles. The van der Waals surface area contributed by atoms with E-state index in [1.165, 1.54) is 19.3 Å². The van der Waals surface area contributed by atoms with Crippen molar-refractivity contribution in [2.45, 2.75) is 51.6 Å². The number of rotatable bonds is 3. The third kappa shape index (κ3) is 2.79. The van der Waals surface area contributed by atoms with E-state index in [4.69, 9.17) is 0 Å². The molecule has 3 nitrogen and oxygen atoms in total. The van der Waals surface area contributed by atoms with E-state index in [1.807, 2.05) is 28.8 Å². The monoisotopic (exact) mass is 312 g/mol. The lowest BCUT2D eigenvalue weighted by molar-refractivity contribution is 0.0685. The average molecular weight is 313 g/mol. The number of aryl methyl sites for hydroxylation is 1. The van der Waals surface area contributed by atoms with Crippen molar-refractivity contribution in [3.8, 4) is 0 Å². The number of hydrogen-bond donors (Lipinski definition) is 0. The maximum Gasteiger partial charge on any atom is 0.270 e. The van der Waals surface area contributed by atoms with Gasteiger partial charge in [0.15, 0.2) is 0 Å². The molecule has 1 saturated carbocycles. The Morgan fingerprint density at radius 2 is 2.11 bits per heavy atom. The average Bonchev–Trinajstić information content (AvgIpc) is 2.79. The molecule has 0 unspecified atom stereocenters. The topological polar surface area (TPSA) is 25.2 Å².